The lowest BCUT2D eigenvalue weighted by Crippen LogP contribution is -2.35. The predicted octanol–water partition coefficient (Wildman–Crippen LogP) is 1.71. The lowest BCUT2D eigenvalue weighted by atomic mass is 10.2. The molecule has 17 heavy (non-hydrogen) atoms. The number of phenolic OH excluding ortho intramolecular Hbond substituents is 1. The molecule has 0 spiro atoms. The molecule has 1 saturated heterocycles. The van der Waals surface area contributed by atoms with Crippen molar-refractivity contribution in [3.63, 3.8) is 0 Å². The summed E-state index contributed by atoms with van der Waals surface area (Å²) < 4.78 is 5.32. The van der Waals surface area contributed by atoms with Gasteiger partial charge in [0.1, 0.15) is 5.75 Å². The predicted molar refractivity (Wildman–Crippen MR) is 66.1 cm³/mol. The number of hydrogen-bond donors (Lipinski definition) is 2. The number of aromatic amines is 1. The van der Waals surface area contributed by atoms with E-state index in [4.69, 9.17) is 4.74 Å². The van der Waals surface area contributed by atoms with Crippen LogP contribution in [0.15, 0.2) is 24.3 Å². The molecule has 3 rings (SSSR count). The van der Waals surface area contributed by atoms with Crippen LogP contribution in [0.5, 0.6) is 5.75 Å². The number of rotatable bonds is 2. The topological polar surface area (TPSA) is 48.5 Å². The molecule has 1 fully saturated rings. The quantitative estimate of drug-likeness (QED) is 0.828. The van der Waals surface area contributed by atoms with Gasteiger partial charge in [-0.05, 0) is 18.2 Å². The van der Waals surface area contributed by atoms with E-state index in [1.54, 1.807) is 6.07 Å². The monoisotopic (exact) mass is 232 g/mol. The van der Waals surface area contributed by atoms with Gasteiger partial charge in [0, 0.05) is 36.2 Å². The summed E-state index contributed by atoms with van der Waals surface area (Å²) in [6.07, 6.45) is 0. The number of nitrogens with zero attached hydrogens (tertiary/aromatic N) is 1. The maximum atomic E-state index is 9.74. The van der Waals surface area contributed by atoms with Gasteiger partial charge in [-0.25, -0.2) is 0 Å². The molecule has 0 amide bonds. The van der Waals surface area contributed by atoms with E-state index in [0.717, 1.165) is 49.4 Å². The Balaban J connectivity index is 1.83. The summed E-state index contributed by atoms with van der Waals surface area (Å²) in [5, 5.41) is 10.6. The van der Waals surface area contributed by atoms with Gasteiger partial charge in [-0.15, -0.1) is 0 Å². The minimum absolute atomic E-state index is 0.340. The van der Waals surface area contributed by atoms with Crippen molar-refractivity contribution in [2.75, 3.05) is 26.3 Å². The Labute approximate surface area is 99.8 Å². The first-order valence-corrected chi connectivity index (χ1v) is 5.92. The zero-order chi connectivity index (χ0) is 11.7. The van der Waals surface area contributed by atoms with Gasteiger partial charge < -0.3 is 14.8 Å². The summed E-state index contributed by atoms with van der Waals surface area (Å²) in [6.45, 7) is 4.46. The second-order valence-electron chi connectivity index (χ2n) is 4.42. The SMILES string of the molecule is Oc1cccc2[nH]c(CN3CCOCC3)cc12. The average Bonchev–Trinajstić information content (AvgIpc) is 2.74. The highest BCUT2D eigenvalue weighted by molar-refractivity contribution is 5.86. The molecular formula is C13H16N2O2. The van der Waals surface area contributed by atoms with Crippen molar-refractivity contribution in [2.45, 2.75) is 6.54 Å². The second kappa shape index (κ2) is 4.39. The van der Waals surface area contributed by atoms with E-state index in [2.05, 4.69) is 9.88 Å². The Hall–Kier alpha value is -1.52. The van der Waals surface area contributed by atoms with Crippen LogP contribution in [0, 0.1) is 0 Å². The number of hydrogen-bond acceptors (Lipinski definition) is 3. The van der Waals surface area contributed by atoms with E-state index in [-0.39, 0.29) is 0 Å². The third-order valence-corrected chi connectivity index (χ3v) is 3.19. The van der Waals surface area contributed by atoms with E-state index in [1.165, 1.54) is 0 Å². The van der Waals surface area contributed by atoms with E-state index in [1.807, 2.05) is 18.2 Å². The van der Waals surface area contributed by atoms with Crippen LogP contribution < -0.4 is 0 Å². The first-order chi connectivity index (χ1) is 8.33. The number of nitrogens with one attached hydrogen (secondary N) is 1. The first-order valence-electron chi connectivity index (χ1n) is 5.92. The molecule has 1 aromatic heterocycles. The summed E-state index contributed by atoms with van der Waals surface area (Å²) >= 11 is 0. The third kappa shape index (κ3) is 2.14. The molecule has 2 N–H and O–H groups in total. The molecule has 1 aromatic carbocycles. The van der Waals surface area contributed by atoms with Crippen LogP contribution in [-0.4, -0.2) is 41.3 Å². The highest BCUT2D eigenvalue weighted by Crippen LogP contribution is 2.25. The van der Waals surface area contributed by atoms with Crippen molar-refractivity contribution in [1.29, 1.82) is 0 Å². The lowest BCUT2D eigenvalue weighted by molar-refractivity contribution is 0.0337. The zero-order valence-electron chi connectivity index (χ0n) is 9.65. The average molecular weight is 232 g/mol. The molecule has 0 saturated carbocycles. The van der Waals surface area contributed by atoms with Crippen molar-refractivity contribution in [3.05, 3.63) is 30.0 Å². The van der Waals surface area contributed by atoms with E-state index < -0.39 is 0 Å². The van der Waals surface area contributed by atoms with Gasteiger partial charge in [-0.3, -0.25) is 4.90 Å². The highest BCUT2D eigenvalue weighted by atomic mass is 16.5. The summed E-state index contributed by atoms with van der Waals surface area (Å²) in [6, 6.07) is 7.58. The number of aromatic nitrogens is 1. The molecule has 1 aliphatic heterocycles. The fourth-order valence-electron chi connectivity index (χ4n) is 2.28. The van der Waals surface area contributed by atoms with Crippen molar-refractivity contribution in [2.24, 2.45) is 0 Å². The molecule has 0 unspecified atom stereocenters. The van der Waals surface area contributed by atoms with Gasteiger partial charge in [0.2, 0.25) is 0 Å². The molecule has 0 bridgehead atoms. The molecule has 4 nitrogen and oxygen atoms in total. The molecule has 2 aromatic rings. The number of aromatic hydroxyl groups is 1. The van der Waals surface area contributed by atoms with Gasteiger partial charge in [0.15, 0.2) is 0 Å². The summed E-state index contributed by atoms with van der Waals surface area (Å²) in [5.41, 5.74) is 2.14. The van der Waals surface area contributed by atoms with Gasteiger partial charge in [0.25, 0.3) is 0 Å². The second-order valence-corrected chi connectivity index (χ2v) is 4.42. The smallest absolute Gasteiger partial charge is 0.124 e. The largest absolute Gasteiger partial charge is 0.507 e. The van der Waals surface area contributed by atoms with Crippen LogP contribution in [0.3, 0.4) is 0 Å². The zero-order valence-corrected chi connectivity index (χ0v) is 9.65. The van der Waals surface area contributed by atoms with Gasteiger partial charge in [0.05, 0.1) is 13.2 Å². The molecule has 4 heteroatoms. The minimum Gasteiger partial charge on any atom is -0.507 e. The number of phenols is 1. The van der Waals surface area contributed by atoms with Gasteiger partial charge >= 0.3 is 0 Å². The van der Waals surface area contributed by atoms with E-state index in [9.17, 15) is 5.11 Å². The molecule has 0 aliphatic carbocycles. The lowest BCUT2D eigenvalue weighted by Gasteiger charge is -2.25. The molecular weight excluding hydrogens is 216 g/mol. The summed E-state index contributed by atoms with van der Waals surface area (Å²) in [5.74, 6) is 0.340. The molecule has 1 aliphatic rings. The highest BCUT2D eigenvalue weighted by Gasteiger charge is 2.12. The van der Waals surface area contributed by atoms with Crippen LogP contribution in [0.25, 0.3) is 10.9 Å². The van der Waals surface area contributed by atoms with Crippen LogP contribution in [0.1, 0.15) is 5.69 Å². The minimum atomic E-state index is 0.340. The standard InChI is InChI=1S/C13H16N2O2/c16-13-3-1-2-12-11(13)8-10(14-12)9-15-4-6-17-7-5-15/h1-3,8,14,16H,4-7,9H2. The summed E-state index contributed by atoms with van der Waals surface area (Å²) in [7, 11) is 0. The van der Waals surface area contributed by atoms with Crippen LogP contribution in [-0.2, 0) is 11.3 Å². The number of fused-ring (bicyclic) bond motifs is 1. The maximum absolute atomic E-state index is 9.74. The number of benzene rings is 1. The van der Waals surface area contributed by atoms with Crippen molar-refractivity contribution in [1.82, 2.24) is 9.88 Å². The molecule has 0 radical (unpaired) electrons. The Morgan fingerprint density at radius 2 is 2.12 bits per heavy atom. The van der Waals surface area contributed by atoms with Crippen molar-refractivity contribution < 1.29 is 9.84 Å². The van der Waals surface area contributed by atoms with E-state index in [0.29, 0.717) is 5.75 Å². The Morgan fingerprint density at radius 3 is 2.88 bits per heavy atom. The molecule has 90 valence electrons. The van der Waals surface area contributed by atoms with Gasteiger partial charge in [-0.1, -0.05) is 6.07 Å². The van der Waals surface area contributed by atoms with Crippen molar-refractivity contribution >= 4 is 10.9 Å². The van der Waals surface area contributed by atoms with Gasteiger partial charge in [-0.2, -0.15) is 0 Å². The fourth-order valence-corrected chi connectivity index (χ4v) is 2.28. The molecule has 0 atom stereocenters. The maximum Gasteiger partial charge on any atom is 0.124 e. The first kappa shape index (κ1) is 10.6. The summed E-state index contributed by atoms with van der Waals surface area (Å²) in [4.78, 5) is 5.69. The third-order valence-electron chi connectivity index (χ3n) is 3.19. The molecule has 2 heterocycles. The Morgan fingerprint density at radius 1 is 1.29 bits per heavy atom. The van der Waals surface area contributed by atoms with Crippen molar-refractivity contribution in [3.8, 4) is 5.75 Å². The fraction of sp³-hybridized carbons (Fsp3) is 0.385. The Kier molecular flexibility index (Phi) is 2.74. The number of ether oxygens (including phenoxy) is 1. The Bertz CT molecular complexity index is 515. The normalized spacial score (nSPS) is 17.6. The van der Waals surface area contributed by atoms with Crippen LogP contribution in [0.2, 0.25) is 0 Å². The van der Waals surface area contributed by atoms with Crippen LogP contribution in [0.4, 0.5) is 0 Å². The van der Waals surface area contributed by atoms with Crippen LogP contribution >= 0.6 is 0 Å². The number of H-pyrrole nitrogens is 1. The van der Waals surface area contributed by atoms with E-state index >= 15 is 0 Å². The number of morpholine rings is 1.